The number of rotatable bonds is 7. The second-order valence-electron chi connectivity index (χ2n) is 4.24. The highest BCUT2D eigenvalue weighted by molar-refractivity contribution is 9.10. The van der Waals surface area contributed by atoms with Crippen LogP contribution < -0.4 is 5.73 Å². The molecular formula is C13H20BrFN2O. The van der Waals surface area contributed by atoms with E-state index >= 15 is 0 Å². The Morgan fingerprint density at radius 3 is 2.78 bits per heavy atom. The molecule has 0 bridgehead atoms. The molecule has 0 spiro atoms. The van der Waals surface area contributed by atoms with Crippen LogP contribution >= 0.6 is 15.9 Å². The first-order valence-electron chi connectivity index (χ1n) is 5.94. The Morgan fingerprint density at radius 1 is 1.50 bits per heavy atom. The van der Waals surface area contributed by atoms with Crippen molar-refractivity contribution in [3.05, 3.63) is 34.1 Å². The summed E-state index contributed by atoms with van der Waals surface area (Å²) in [6.07, 6.45) is 0.904. The average molecular weight is 319 g/mol. The summed E-state index contributed by atoms with van der Waals surface area (Å²) in [4.78, 5) is 2.06. The molecule has 1 rings (SSSR count). The molecule has 0 saturated carbocycles. The fourth-order valence-electron chi connectivity index (χ4n) is 1.93. The van der Waals surface area contributed by atoms with Crippen LogP contribution in [0.3, 0.4) is 0 Å². The highest BCUT2D eigenvalue weighted by Gasteiger charge is 2.18. The molecule has 0 aliphatic heterocycles. The van der Waals surface area contributed by atoms with E-state index in [1.807, 2.05) is 13.1 Å². The fraction of sp³-hybridized carbons (Fsp3) is 0.538. The van der Waals surface area contributed by atoms with E-state index in [4.69, 9.17) is 10.5 Å². The Morgan fingerprint density at radius 2 is 2.22 bits per heavy atom. The van der Waals surface area contributed by atoms with Crippen LogP contribution in [-0.2, 0) is 4.74 Å². The number of hydrogen-bond donors (Lipinski definition) is 1. The van der Waals surface area contributed by atoms with Crippen molar-refractivity contribution in [2.45, 2.75) is 12.5 Å². The lowest BCUT2D eigenvalue weighted by Gasteiger charge is -2.27. The molecule has 18 heavy (non-hydrogen) atoms. The van der Waals surface area contributed by atoms with Gasteiger partial charge in [0, 0.05) is 42.9 Å². The molecule has 0 radical (unpaired) electrons. The zero-order valence-corrected chi connectivity index (χ0v) is 12.4. The summed E-state index contributed by atoms with van der Waals surface area (Å²) >= 11 is 3.25. The number of nitrogens with two attached hydrogens (primary N) is 1. The molecule has 0 fully saturated rings. The lowest BCUT2D eigenvalue weighted by atomic mass is 10.0. The number of halogens is 2. The second-order valence-corrected chi connectivity index (χ2v) is 5.16. The minimum absolute atomic E-state index is 0.102. The molecule has 1 unspecified atom stereocenters. The predicted molar refractivity (Wildman–Crippen MR) is 75.0 cm³/mol. The summed E-state index contributed by atoms with van der Waals surface area (Å²) in [5.74, 6) is -0.224. The number of hydrogen-bond acceptors (Lipinski definition) is 3. The van der Waals surface area contributed by atoms with Crippen molar-refractivity contribution in [2.75, 3.05) is 33.9 Å². The Labute approximate surface area is 116 Å². The third-order valence-electron chi connectivity index (χ3n) is 2.94. The van der Waals surface area contributed by atoms with Crippen molar-refractivity contribution in [2.24, 2.45) is 5.73 Å². The Hall–Kier alpha value is -0.490. The second kappa shape index (κ2) is 7.84. The minimum Gasteiger partial charge on any atom is -0.385 e. The summed E-state index contributed by atoms with van der Waals surface area (Å²) in [7, 11) is 3.63. The largest absolute Gasteiger partial charge is 0.385 e. The highest BCUT2D eigenvalue weighted by Crippen LogP contribution is 2.24. The quantitative estimate of drug-likeness (QED) is 0.785. The van der Waals surface area contributed by atoms with E-state index in [0.717, 1.165) is 17.4 Å². The third kappa shape index (κ3) is 4.31. The number of ether oxygens (including phenoxy) is 1. The zero-order valence-electron chi connectivity index (χ0n) is 10.8. The smallest absolute Gasteiger partial charge is 0.129 e. The Bertz CT molecular complexity index is 376. The Balaban J connectivity index is 2.75. The number of benzene rings is 1. The van der Waals surface area contributed by atoms with Gasteiger partial charge in [-0.25, -0.2) is 4.39 Å². The molecule has 0 aliphatic rings. The molecule has 2 N–H and O–H groups in total. The standard InChI is InChI=1S/C13H20BrFN2O/c1-17(6-3-7-18-2)13(9-16)11-5-4-10(14)8-12(11)15/h4-5,8,13H,3,6-7,9,16H2,1-2H3. The third-order valence-corrected chi connectivity index (χ3v) is 3.43. The highest BCUT2D eigenvalue weighted by atomic mass is 79.9. The topological polar surface area (TPSA) is 38.5 Å². The van der Waals surface area contributed by atoms with Crippen molar-refractivity contribution in [3.8, 4) is 0 Å². The molecule has 1 aromatic rings. The first-order chi connectivity index (χ1) is 8.60. The molecular weight excluding hydrogens is 299 g/mol. The van der Waals surface area contributed by atoms with Crippen LogP contribution in [0.4, 0.5) is 4.39 Å². The van der Waals surface area contributed by atoms with Crippen LogP contribution in [0.5, 0.6) is 0 Å². The van der Waals surface area contributed by atoms with E-state index < -0.39 is 0 Å². The van der Waals surface area contributed by atoms with Crippen molar-refractivity contribution in [1.29, 1.82) is 0 Å². The molecule has 0 aromatic heterocycles. The molecule has 102 valence electrons. The number of likely N-dealkylation sites (N-methyl/N-ethyl adjacent to an activating group) is 1. The maximum absolute atomic E-state index is 13.9. The molecule has 5 heteroatoms. The summed E-state index contributed by atoms with van der Waals surface area (Å²) in [6, 6.07) is 4.99. The SMILES string of the molecule is COCCCN(C)C(CN)c1ccc(Br)cc1F. The number of methoxy groups -OCH3 is 1. The summed E-state index contributed by atoms with van der Waals surface area (Å²) in [6.45, 7) is 1.91. The van der Waals surface area contributed by atoms with E-state index in [-0.39, 0.29) is 11.9 Å². The van der Waals surface area contributed by atoms with Gasteiger partial charge in [0.25, 0.3) is 0 Å². The molecule has 0 saturated heterocycles. The van der Waals surface area contributed by atoms with Crippen LogP contribution in [0.1, 0.15) is 18.0 Å². The lowest BCUT2D eigenvalue weighted by Crippen LogP contribution is -2.32. The predicted octanol–water partition coefficient (Wildman–Crippen LogP) is 2.56. The zero-order chi connectivity index (χ0) is 13.5. The molecule has 0 amide bonds. The monoisotopic (exact) mass is 318 g/mol. The van der Waals surface area contributed by atoms with Crippen LogP contribution in [0.2, 0.25) is 0 Å². The number of nitrogens with zero attached hydrogens (tertiary/aromatic N) is 1. The van der Waals surface area contributed by atoms with Crippen LogP contribution in [0, 0.1) is 5.82 Å². The van der Waals surface area contributed by atoms with E-state index in [2.05, 4.69) is 20.8 Å². The van der Waals surface area contributed by atoms with E-state index in [0.29, 0.717) is 18.7 Å². The first kappa shape index (κ1) is 15.6. The van der Waals surface area contributed by atoms with Crippen molar-refractivity contribution in [1.82, 2.24) is 4.90 Å². The molecule has 3 nitrogen and oxygen atoms in total. The van der Waals surface area contributed by atoms with Gasteiger partial charge in [0.15, 0.2) is 0 Å². The first-order valence-corrected chi connectivity index (χ1v) is 6.73. The Kier molecular flexibility index (Phi) is 6.78. The summed E-state index contributed by atoms with van der Waals surface area (Å²) in [5, 5.41) is 0. The van der Waals surface area contributed by atoms with Gasteiger partial charge in [-0.05, 0) is 25.6 Å². The summed E-state index contributed by atoms with van der Waals surface area (Å²) < 4.78 is 19.6. The van der Waals surface area contributed by atoms with Gasteiger partial charge in [0.1, 0.15) is 5.82 Å². The maximum Gasteiger partial charge on any atom is 0.129 e. The van der Waals surface area contributed by atoms with E-state index in [9.17, 15) is 4.39 Å². The molecule has 0 heterocycles. The lowest BCUT2D eigenvalue weighted by molar-refractivity contribution is 0.165. The fourth-order valence-corrected chi connectivity index (χ4v) is 2.26. The molecule has 1 atom stereocenters. The van der Waals surface area contributed by atoms with Gasteiger partial charge in [-0.15, -0.1) is 0 Å². The minimum atomic E-state index is -0.224. The summed E-state index contributed by atoms with van der Waals surface area (Å²) in [5.41, 5.74) is 6.41. The van der Waals surface area contributed by atoms with Crippen molar-refractivity contribution < 1.29 is 9.13 Å². The normalized spacial score (nSPS) is 13.0. The molecule has 1 aromatic carbocycles. The van der Waals surface area contributed by atoms with Crippen LogP contribution in [0.25, 0.3) is 0 Å². The van der Waals surface area contributed by atoms with Crippen LogP contribution in [0.15, 0.2) is 22.7 Å². The van der Waals surface area contributed by atoms with E-state index in [1.165, 1.54) is 6.07 Å². The van der Waals surface area contributed by atoms with Crippen LogP contribution in [-0.4, -0.2) is 38.8 Å². The van der Waals surface area contributed by atoms with Gasteiger partial charge < -0.3 is 10.5 Å². The maximum atomic E-state index is 13.9. The van der Waals surface area contributed by atoms with Gasteiger partial charge in [0.2, 0.25) is 0 Å². The van der Waals surface area contributed by atoms with Crippen molar-refractivity contribution in [3.63, 3.8) is 0 Å². The average Bonchev–Trinajstić information content (AvgIpc) is 2.33. The van der Waals surface area contributed by atoms with Gasteiger partial charge in [-0.2, -0.15) is 0 Å². The van der Waals surface area contributed by atoms with Gasteiger partial charge in [-0.1, -0.05) is 22.0 Å². The van der Waals surface area contributed by atoms with Gasteiger partial charge in [-0.3, -0.25) is 4.90 Å². The molecule has 0 aliphatic carbocycles. The van der Waals surface area contributed by atoms with E-state index in [1.54, 1.807) is 13.2 Å². The van der Waals surface area contributed by atoms with Crippen molar-refractivity contribution >= 4 is 15.9 Å². The van der Waals surface area contributed by atoms with Gasteiger partial charge in [0.05, 0.1) is 0 Å². The van der Waals surface area contributed by atoms with Gasteiger partial charge >= 0.3 is 0 Å².